The van der Waals surface area contributed by atoms with Crippen molar-refractivity contribution in [2.45, 2.75) is 39.2 Å². The van der Waals surface area contributed by atoms with E-state index in [1.54, 1.807) is 6.92 Å². The van der Waals surface area contributed by atoms with Crippen molar-refractivity contribution in [2.75, 3.05) is 6.54 Å². The van der Waals surface area contributed by atoms with Crippen molar-refractivity contribution in [3.8, 4) is 0 Å². The maximum Gasteiger partial charge on any atom is 0.132 e. The molecule has 1 aliphatic rings. The first kappa shape index (κ1) is 8.72. The van der Waals surface area contributed by atoms with Crippen LogP contribution in [0.1, 0.15) is 33.1 Å². The van der Waals surface area contributed by atoms with E-state index < -0.39 is 0 Å². The molecule has 0 aliphatic carbocycles. The molecule has 0 aromatic heterocycles. The Morgan fingerprint density at radius 2 is 2.45 bits per heavy atom. The third kappa shape index (κ3) is 2.62. The SMILES string of the molecule is CC(=O)[C@H](C)C[C@@H]1CCCN1. The maximum absolute atomic E-state index is 10.9. The van der Waals surface area contributed by atoms with Gasteiger partial charge in [-0.2, -0.15) is 0 Å². The first-order chi connectivity index (χ1) is 5.20. The van der Waals surface area contributed by atoms with Crippen LogP contribution >= 0.6 is 0 Å². The number of carbonyl (C=O) groups is 1. The van der Waals surface area contributed by atoms with Crippen LogP contribution in [0.4, 0.5) is 0 Å². The van der Waals surface area contributed by atoms with E-state index >= 15 is 0 Å². The van der Waals surface area contributed by atoms with Gasteiger partial charge in [-0.1, -0.05) is 6.92 Å². The normalized spacial score (nSPS) is 26.9. The summed E-state index contributed by atoms with van der Waals surface area (Å²) in [6.45, 7) is 4.83. The molecule has 0 spiro atoms. The first-order valence-electron chi connectivity index (χ1n) is 4.44. The summed E-state index contributed by atoms with van der Waals surface area (Å²) in [6.07, 6.45) is 3.54. The van der Waals surface area contributed by atoms with Gasteiger partial charge in [0.1, 0.15) is 5.78 Å². The summed E-state index contributed by atoms with van der Waals surface area (Å²) in [5, 5.41) is 3.39. The fourth-order valence-electron chi connectivity index (χ4n) is 1.55. The summed E-state index contributed by atoms with van der Waals surface area (Å²) in [7, 11) is 0. The van der Waals surface area contributed by atoms with Crippen LogP contribution in [0, 0.1) is 5.92 Å². The molecular formula is C9H17NO. The van der Waals surface area contributed by atoms with Crippen LogP contribution < -0.4 is 5.32 Å². The second-order valence-corrected chi connectivity index (χ2v) is 3.54. The molecule has 2 atom stereocenters. The molecular weight excluding hydrogens is 138 g/mol. The molecule has 0 amide bonds. The number of hydrogen-bond donors (Lipinski definition) is 1. The van der Waals surface area contributed by atoms with Crippen molar-refractivity contribution < 1.29 is 4.79 Å². The quantitative estimate of drug-likeness (QED) is 0.666. The van der Waals surface area contributed by atoms with Crippen molar-refractivity contribution in [1.82, 2.24) is 5.32 Å². The maximum atomic E-state index is 10.9. The third-order valence-electron chi connectivity index (χ3n) is 2.49. The molecule has 0 radical (unpaired) electrons. The Morgan fingerprint density at radius 1 is 1.73 bits per heavy atom. The minimum Gasteiger partial charge on any atom is -0.314 e. The summed E-state index contributed by atoms with van der Waals surface area (Å²) in [6, 6.07) is 0.605. The average Bonchev–Trinajstić information content (AvgIpc) is 2.39. The van der Waals surface area contributed by atoms with E-state index in [4.69, 9.17) is 0 Å². The summed E-state index contributed by atoms with van der Waals surface area (Å²) in [5.41, 5.74) is 0. The largest absolute Gasteiger partial charge is 0.314 e. The predicted octanol–water partition coefficient (Wildman–Crippen LogP) is 1.35. The van der Waals surface area contributed by atoms with E-state index in [9.17, 15) is 4.79 Å². The molecule has 1 rings (SSSR count). The predicted molar refractivity (Wildman–Crippen MR) is 45.5 cm³/mol. The number of rotatable bonds is 3. The highest BCUT2D eigenvalue weighted by Gasteiger charge is 2.18. The Balaban J connectivity index is 2.23. The minimum absolute atomic E-state index is 0.241. The van der Waals surface area contributed by atoms with Crippen LogP contribution in [0.15, 0.2) is 0 Å². The molecule has 0 bridgehead atoms. The molecule has 1 heterocycles. The zero-order chi connectivity index (χ0) is 8.27. The van der Waals surface area contributed by atoms with Crippen molar-refractivity contribution >= 4 is 5.78 Å². The van der Waals surface area contributed by atoms with Crippen molar-refractivity contribution in [3.05, 3.63) is 0 Å². The Bertz CT molecular complexity index is 138. The van der Waals surface area contributed by atoms with Crippen molar-refractivity contribution in [1.29, 1.82) is 0 Å². The fourth-order valence-corrected chi connectivity index (χ4v) is 1.55. The fraction of sp³-hybridized carbons (Fsp3) is 0.889. The van der Waals surface area contributed by atoms with E-state index in [0.717, 1.165) is 13.0 Å². The lowest BCUT2D eigenvalue weighted by Crippen LogP contribution is -2.25. The van der Waals surface area contributed by atoms with Gasteiger partial charge in [0.15, 0.2) is 0 Å². The number of carbonyl (C=O) groups excluding carboxylic acids is 1. The van der Waals surface area contributed by atoms with E-state index in [1.165, 1.54) is 12.8 Å². The molecule has 1 N–H and O–H groups in total. The summed E-state index contributed by atoms with van der Waals surface area (Å²) in [5.74, 6) is 0.560. The van der Waals surface area contributed by atoms with Gasteiger partial charge in [-0.05, 0) is 32.7 Å². The minimum atomic E-state index is 0.241. The highest BCUT2D eigenvalue weighted by Crippen LogP contribution is 2.14. The second-order valence-electron chi connectivity index (χ2n) is 3.54. The molecule has 0 aromatic rings. The van der Waals surface area contributed by atoms with Gasteiger partial charge >= 0.3 is 0 Å². The lowest BCUT2D eigenvalue weighted by molar-refractivity contribution is -0.120. The van der Waals surface area contributed by atoms with Gasteiger partial charge in [-0.25, -0.2) is 0 Å². The zero-order valence-corrected chi connectivity index (χ0v) is 7.39. The molecule has 0 saturated carbocycles. The van der Waals surface area contributed by atoms with Crippen LogP contribution in [0.3, 0.4) is 0 Å². The Hall–Kier alpha value is -0.370. The van der Waals surface area contributed by atoms with Gasteiger partial charge in [0.25, 0.3) is 0 Å². The Morgan fingerprint density at radius 3 is 2.91 bits per heavy atom. The number of hydrogen-bond acceptors (Lipinski definition) is 2. The Kier molecular flexibility index (Phi) is 3.06. The molecule has 1 saturated heterocycles. The third-order valence-corrected chi connectivity index (χ3v) is 2.49. The highest BCUT2D eigenvalue weighted by atomic mass is 16.1. The molecule has 2 nitrogen and oxygen atoms in total. The number of nitrogens with one attached hydrogen (secondary N) is 1. The lowest BCUT2D eigenvalue weighted by atomic mass is 9.97. The van der Waals surface area contributed by atoms with Gasteiger partial charge in [0.2, 0.25) is 0 Å². The second kappa shape index (κ2) is 3.86. The summed E-state index contributed by atoms with van der Waals surface area (Å²) in [4.78, 5) is 10.9. The van der Waals surface area contributed by atoms with Gasteiger partial charge in [-0.3, -0.25) is 4.79 Å². The molecule has 1 aliphatic heterocycles. The Labute approximate surface area is 68.4 Å². The van der Waals surface area contributed by atoms with Gasteiger partial charge in [0, 0.05) is 12.0 Å². The lowest BCUT2D eigenvalue weighted by Gasteiger charge is -2.13. The van der Waals surface area contributed by atoms with E-state index in [1.807, 2.05) is 6.92 Å². The van der Waals surface area contributed by atoms with Crippen LogP contribution in [0.5, 0.6) is 0 Å². The topological polar surface area (TPSA) is 29.1 Å². The van der Waals surface area contributed by atoms with Gasteiger partial charge < -0.3 is 5.32 Å². The van der Waals surface area contributed by atoms with Gasteiger partial charge in [-0.15, -0.1) is 0 Å². The molecule has 1 fully saturated rings. The molecule has 64 valence electrons. The smallest absolute Gasteiger partial charge is 0.132 e. The van der Waals surface area contributed by atoms with E-state index in [2.05, 4.69) is 5.32 Å². The average molecular weight is 155 g/mol. The van der Waals surface area contributed by atoms with E-state index in [-0.39, 0.29) is 5.92 Å². The highest BCUT2D eigenvalue weighted by molar-refractivity contribution is 5.77. The first-order valence-corrected chi connectivity index (χ1v) is 4.44. The van der Waals surface area contributed by atoms with Crippen LogP contribution in [0.2, 0.25) is 0 Å². The molecule has 2 heteroatoms. The molecule has 0 unspecified atom stereocenters. The van der Waals surface area contributed by atoms with Gasteiger partial charge in [0.05, 0.1) is 0 Å². The molecule has 0 aromatic carbocycles. The number of ketones is 1. The van der Waals surface area contributed by atoms with Crippen LogP contribution in [-0.2, 0) is 4.79 Å². The van der Waals surface area contributed by atoms with Crippen molar-refractivity contribution in [3.63, 3.8) is 0 Å². The summed E-state index contributed by atoms with van der Waals surface area (Å²) >= 11 is 0. The zero-order valence-electron chi connectivity index (χ0n) is 7.39. The summed E-state index contributed by atoms with van der Waals surface area (Å²) < 4.78 is 0. The van der Waals surface area contributed by atoms with Crippen molar-refractivity contribution in [2.24, 2.45) is 5.92 Å². The standard InChI is InChI=1S/C9H17NO/c1-7(8(2)11)6-9-4-3-5-10-9/h7,9-10H,3-6H2,1-2H3/t7-,9+/m1/s1. The van der Waals surface area contributed by atoms with Crippen LogP contribution in [-0.4, -0.2) is 18.4 Å². The number of Topliss-reactive ketones (excluding diaryl/α,β-unsaturated/α-hetero) is 1. The monoisotopic (exact) mass is 155 g/mol. The van der Waals surface area contributed by atoms with E-state index in [0.29, 0.717) is 11.8 Å². The van der Waals surface area contributed by atoms with Crippen LogP contribution in [0.25, 0.3) is 0 Å². The molecule has 11 heavy (non-hydrogen) atoms.